The zero-order valence-corrected chi connectivity index (χ0v) is 19.2. The number of nitriles is 1. The van der Waals surface area contributed by atoms with Crippen molar-refractivity contribution < 1.29 is 9.84 Å². The van der Waals surface area contributed by atoms with Crippen LogP contribution in [0.2, 0.25) is 0 Å². The second-order valence-corrected chi connectivity index (χ2v) is 10.1. The average molecular weight is 442 g/mol. The lowest BCUT2D eigenvalue weighted by Gasteiger charge is -2.42. The molecular weight excluding hydrogens is 410 g/mol. The zero-order valence-electron chi connectivity index (χ0n) is 19.2. The Bertz CT molecular complexity index is 1230. The van der Waals surface area contributed by atoms with Crippen LogP contribution in [0.15, 0.2) is 48.5 Å². The van der Waals surface area contributed by atoms with Gasteiger partial charge in [-0.05, 0) is 61.1 Å². The molecule has 5 heteroatoms. The minimum atomic E-state index is -0.280. The van der Waals surface area contributed by atoms with Gasteiger partial charge < -0.3 is 19.3 Å². The van der Waals surface area contributed by atoms with Gasteiger partial charge in [0.15, 0.2) is 6.19 Å². The molecule has 1 aromatic heterocycles. The van der Waals surface area contributed by atoms with Gasteiger partial charge in [-0.1, -0.05) is 43.3 Å². The van der Waals surface area contributed by atoms with Crippen LogP contribution in [0.1, 0.15) is 49.1 Å². The Morgan fingerprint density at radius 3 is 2.79 bits per heavy atom. The van der Waals surface area contributed by atoms with Gasteiger partial charge in [0.2, 0.25) is 0 Å². The summed E-state index contributed by atoms with van der Waals surface area (Å²) in [6.45, 7) is 4.27. The first-order valence-electron chi connectivity index (χ1n) is 12.3. The first kappa shape index (κ1) is 20.8. The maximum atomic E-state index is 10.7. The quantitative estimate of drug-likeness (QED) is 0.501. The summed E-state index contributed by atoms with van der Waals surface area (Å²) in [5.74, 6) is 0.907. The molecule has 1 fully saturated rings. The molecule has 5 atom stereocenters. The van der Waals surface area contributed by atoms with Gasteiger partial charge in [0, 0.05) is 24.0 Å². The lowest BCUT2D eigenvalue weighted by atomic mass is 9.68. The minimum absolute atomic E-state index is 0.0336. The monoisotopic (exact) mass is 441 g/mol. The number of benzene rings is 2. The molecule has 0 amide bonds. The molecule has 170 valence electrons. The van der Waals surface area contributed by atoms with E-state index in [1.54, 1.807) is 0 Å². The second kappa shape index (κ2) is 8.20. The maximum Gasteiger partial charge on any atom is 0.179 e. The molecule has 2 aromatic carbocycles. The van der Waals surface area contributed by atoms with E-state index in [-0.39, 0.29) is 18.1 Å². The first-order chi connectivity index (χ1) is 16.2. The molecule has 1 saturated carbocycles. The van der Waals surface area contributed by atoms with Gasteiger partial charge in [-0.15, -0.1) is 0 Å². The topological polar surface area (TPSA) is 61.4 Å². The van der Waals surface area contributed by atoms with Crippen LogP contribution in [-0.2, 0) is 17.8 Å². The van der Waals surface area contributed by atoms with Crippen molar-refractivity contribution in [1.82, 2.24) is 9.47 Å². The number of hydrogen-bond donors (Lipinski definition) is 1. The molecule has 3 aliphatic rings. The Labute approximate surface area is 195 Å². The number of para-hydroxylation sites is 2. The van der Waals surface area contributed by atoms with Crippen molar-refractivity contribution in [1.29, 1.82) is 5.26 Å². The fraction of sp³-hybridized carbons (Fsp3) is 0.464. The van der Waals surface area contributed by atoms with E-state index in [1.807, 2.05) is 4.90 Å². The molecular formula is C28H31N3O2. The summed E-state index contributed by atoms with van der Waals surface area (Å²) < 4.78 is 9.13. The second-order valence-electron chi connectivity index (χ2n) is 10.1. The summed E-state index contributed by atoms with van der Waals surface area (Å²) in [6, 6.07) is 17.2. The first-order valence-corrected chi connectivity index (χ1v) is 12.3. The number of aliphatic hydroxyl groups is 1. The third-order valence-corrected chi connectivity index (χ3v) is 8.43. The van der Waals surface area contributed by atoms with Gasteiger partial charge in [-0.2, -0.15) is 5.26 Å². The van der Waals surface area contributed by atoms with E-state index in [0.717, 1.165) is 32.2 Å². The number of hydrogen-bond acceptors (Lipinski definition) is 4. The molecule has 3 aromatic rings. The molecule has 1 aliphatic carbocycles. The predicted molar refractivity (Wildman–Crippen MR) is 128 cm³/mol. The van der Waals surface area contributed by atoms with Crippen LogP contribution in [-0.4, -0.2) is 33.8 Å². The van der Waals surface area contributed by atoms with Gasteiger partial charge in [0.25, 0.3) is 0 Å². The summed E-state index contributed by atoms with van der Waals surface area (Å²) in [5.41, 5.74) is 6.15. The summed E-state index contributed by atoms with van der Waals surface area (Å²) in [4.78, 5) is 1.95. The van der Waals surface area contributed by atoms with Crippen LogP contribution in [0.5, 0.6) is 0 Å². The number of nitrogens with zero attached hydrogens (tertiary/aromatic N) is 3. The SMILES string of the molecule is C[C@@H]1[C@H]2CC3OCc4ccccc4-n4c3c(c3ccccc34)CCN(C#N)C[C@@H]2CC[C@@H]1O. The lowest BCUT2D eigenvalue weighted by Crippen LogP contribution is -2.42. The third-order valence-electron chi connectivity index (χ3n) is 8.43. The van der Waals surface area contributed by atoms with Gasteiger partial charge >= 0.3 is 0 Å². The average Bonchev–Trinajstić information content (AvgIpc) is 3.07. The van der Waals surface area contributed by atoms with Crippen molar-refractivity contribution in [3.63, 3.8) is 0 Å². The smallest absolute Gasteiger partial charge is 0.179 e. The van der Waals surface area contributed by atoms with Crippen molar-refractivity contribution in [2.24, 2.45) is 17.8 Å². The van der Waals surface area contributed by atoms with Crippen LogP contribution in [0.3, 0.4) is 0 Å². The van der Waals surface area contributed by atoms with Crippen LogP contribution in [0.25, 0.3) is 16.6 Å². The molecule has 6 rings (SSSR count). The number of aromatic nitrogens is 1. The fourth-order valence-corrected chi connectivity index (χ4v) is 6.66. The van der Waals surface area contributed by atoms with Crippen molar-refractivity contribution >= 4 is 10.9 Å². The summed E-state index contributed by atoms with van der Waals surface area (Å²) in [6.07, 6.45) is 5.65. The minimum Gasteiger partial charge on any atom is -0.393 e. The molecule has 3 heterocycles. The van der Waals surface area contributed by atoms with Crippen LogP contribution >= 0.6 is 0 Å². The summed E-state index contributed by atoms with van der Waals surface area (Å²) in [5, 5.41) is 21.9. The third kappa shape index (κ3) is 3.36. The van der Waals surface area contributed by atoms with E-state index < -0.39 is 0 Å². The summed E-state index contributed by atoms with van der Waals surface area (Å²) in [7, 11) is 0. The van der Waals surface area contributed by atoms with Crippen molar-refractivity contribution in [2.45, 2.75) is 51.4 Å². The molecule has 0 spiro atoms. The number of ether oxygens (including phenoxy) is 1. The molecule has 2 aliphatic heterocycles. The van der Waals surface area contributed by atoms with E-state index in [2.05, 4.69) is 66.2 Å². The van der Waals surface area contributed by atoms with Gasteiger partial charge in [0.1, 0.15) is 0 Å². The predicted octanol–water partition coefficient (Wildman–Crippen LogP) is 4.95. The Morgan fingerprint density at radius 1 is 1.09 bits per heavy atom. The number of fused-ring (bicyclic) bond motifs is 6. The van der Waals surface area contributed by atoms with Crippen LogP contribution in [0, 0.1) is 29.2 Å². The molecule has 33 heavy (non-hydrogen) atoms. The van der Waals surface area contributed by atoms with Crippen molar-refractivity contribution in [2.75, 3.05) is 13.1 Å². The van der Waals surface area contributed by atoms with Crippen LogP contribution in [0.4, 0.5) is 0 Å². The van der Waals surface area contributed by atoms with Gasteiger partial charge in [0.05, 0.1) is 35.7 Å². The van der Waals surface area contributed by atoms with E-state index in [0.29, 0.717) is 25.0 Å². The molecule has 0 saturated heterocycles. The zero-order chi connectivity index (χ0) is 22.5. The number of rotatable bonds is 0. The Kier molecular flexibility index (Phi) is 5.16. The molecule has 0 radical (unpaired) electrons. The van der Waals surface area contributed by atoms with Gasteiger partial charge in [-0.3, -0.25) is 0 Å². The normalized spacial score (nSPS) is 29.4. The van der Waals surface area contributed by atoms with Crippen molar-refractivity contribution in [3.05, 3.63) is 65.4 Å². The largest absolute Gasteiger partial charge is 0.393 e. The standard InChI is InChI=1S/C28H31N3O2/c1-18-23-14-27-28-22(12-13-30(17-29)15-19(23)10-11-26(18)32)21-7-3-5-9-25(21)31(28)24-8-4-2-6-20(24)16-33-27/h2-9,18-19,23,26-27,32H,10-16H2,1H3/t18-,19+,23-,26+,27?/m1/s1. The molecule has 0 bridgehead atoms. The molecule has 5 nitrogen and oxygen atoms in total. The highest BCUT2D eigenvalue weighted by Gasteiger charge is 2.41. The maximum absolute atomic E-state index is 10.7. The Morgan fingerprint density at radius 2 is 1.91 bits per heavy atom. The van der Waals surface area contributed by atoms with E-state index in [9.17, 15) is 10.4 Å². The van der Waals surface area contributed by atoms with E-state index in [1.165, 1.54) is 33.4 Å². The number of aliphatic hydroxyl groups excluding tert-OH is 1. The van der Waals surface area contributed by atoms with Crippen molar-refractivity contribution in [3.8, 4) is 11.9 Å². The fourth-order valence-electron chi connectivity index (χ4n) is 6.66. The van der Waals surface area contributed by atoms with Crippen LogP contribution < -0.4 is 0 Å². The Hall–Kier alpha value is -2.81. The highest BCUT2D eigenvalue weighted by molar-refractivity contribution is 5.88. The van der Waals surface area contributed by atoms with E-state index >= 15 is 0 Å². The lowest BCUT2D eigenvalue weighted by molar-refractivity contribution is -0.0403. The summed E-state index contributed by atoms with van der Waals surface area (Å²) >= 11 is 0. The molecule has 1 N–H and O–H groups in total. The highest BCUT2D eigenvalue weighted by Crippen LogP contribution is 2.46. The van der Waals surface area contributed by atoms with Gasteiger partial charge in [-0.25, -0.2) is 0 Å². The Balaban J connectivity index is 1.58. The molecule has 1 unspecified atom stereocenters. The van der Waals surface area contributed by atoms with E-state index in [4.69, 9.17) is 4.74 Å². The highest BCUT2D eigenvalue weighted by atomic mass is 16.5.